The van der Waals surface area contributed by atoms with Gasteiger partial charge in [0.25, 0.3) is 0 Å². The van der Waals surface area contributed by atoms with Gasteiger partial charge in [0.1, 0.15) is 0 Å². The van der Waals surface area contributed by atoms with E-state index in [2.05, 4.69) is 48.9 Å². The molecule has 30 heavy (non-hydrogen) atoms. The van der Waals surface area contributed by atoms with Crippen LogP contribution in [0.15, 0.2) is 54.6 Å². The van der Waals surface area contributed by atoms with E-state index in [0.717, 1.165) is 46.4 Å². The number of hydrogen-bond acceptors (Lipinski definition) is 3. The van der Waals surface area contributed by atoms with E-state index < -0.39 is 21.5 Å². The van der Waals surface area contributed by atoms with Crippen molar-refractivity contribution in [3.05, 3.63) is 60.2 Å². The zero-order valence-electron chi connectivity index (χ0n) is 17.6. The van der Waals surface area contributed by atoms with Gasteiger partial charge in [0.2, 0.25) is 10.0 Å². The Morgan fingerprint density at radius 1 is 1.03 bits per heavy atom. The number of fused-ring (bicyclic) bond motifs is 4. The fourth-order valence-corrected chi connectivity index (χ4v) is 8.10. The summed E-state index contributed by atoms with van der Waals surface area (Å²) in [6.45, 7) is 4.52. The first-order chi connectivity index (χ1) is 14.2. The lowest BCUT2D eigenvalue weighted by Gasteiger charge is -2.40. The molecule has 0 saturated heterocycles. The van der Waals surface area contributed by atoms with Crippen molar-refractivity contribution in [3.8, 4) is 0 Å². The van der Waals surface area contributed by atoms with Gasteiger partial charge < -0.3 is 5.11 Å². The number of aliphatic hydroxyl groups is 1. The molecule has 2 N–H and O–H groups in total. The van der Waals surface area contributed by atoms with E-state index in [4.69, 9.17) is 0 Å². The predicted octanol–water partition coefficient (Wildman–Crippen LogP) is 4.60. The van der Waals surface area contributed by atoms with Crippen LogP contribution in [-0.4, -0.2) is 25.4 Å². The summed E-state index contributed by atoms with van der Waals surface area (Å²) >= 11 is 0. The highest BCUT2D eigenvalue weighted by atomic mass is 32.2. The first kappa shape index (κ1) is 20.0. The summed E-state index contributed by atoms with van der Waals surface area (Å²) in [4.78, 5) is 0. The zero-order chi connectivity index (χ0) is 21.1. The van der Waals surface area contributed by atoms with Gasteiger partial charge in [-0.1, -0.05) is 62.4 Å². The van der Waals surface area contributed by atoms with E-state index >= 15 is 0 Å². The first-order valence-corrected chi connectivity index (χ1v) is 12.4. The van der Waals surface area contributed by atoms with Crippen LogP contribution in [0.5, 0.6) is 0 Å². The van der Waals surface area contributed by atoms with Crippen LogP contribution in [0.25, 0.3) is 21.5 Å². The Labute approximate surface area is 178 Å². The second-order valence-electron chi connectivity index (χ2n) is 9.74. The summed E-state index contributed by atoms with van der Waals surface area (Å²) in [6.07, 6.45) is 1.97. The van der Waals surface area contributed by atoms with Crippen molar-refractivity contribution in [2.24, 2.45) is 16.7 Å². The van der Waals surface area contributed by atoms with Crippen molar-refractivity contribution in [2.45, 2.75) is 45.8 Å². The fraction of sp³-hybridized carbons (Fsp3) is 0.440. The van der Waals surface area contributed by atoms with Crippen LogP contribution < -0.4 is 4.72 Å². The topological polar surface area (TPSA) is 66.4 Å². The summed E-state index contributed by atoms with van der Waals surface area (Å²) in [5.74, 6) is 0.401. The zero-order valence-corrected chi connectivity index (χ0v) is 18.4. The molecule has 3 aromatic rings. The Balaban J connectivity index is 1.48. The Morgan fingerprint density at radius 2 is 1.63 bits per heavy atom. The maximum Gasteiger partial charge on any atom is 0.212 e. The molecule has 158 valence electrons. The van der Waals surface area contributed by atoms with Crippen LogP contribution in [0.4, 0.5) is 0 Å². The molecule has 0 unspecified atom stereocenters. The number of nitrogens with one attached hydrogen (secondary N) is 1. The molecule has 0 heterocycles. The van der Waals surface area contributed by atoms with Gasteiger partial charge in [-0.2, -0.15) is 0 Å². The maximum atomic E-state index is 13.2. The van der Waals surface area contributed by atoms with Crippen LogP contribution >= 0.6 is 0 Å². The van der Waals surface area contributed by atoms with Gasteiger partial charge in [0.05, 0.1) is 11.9 Å². The molecule has 0 radical (unpaired) electrons. The molecule has 2 bridgehead atoms. The third-order valence-electron chi connectivity index (χ3n) is 8.19. The minimum atomic E-state index is -3.56. The Morgan fingerprint density at radius 3 is 2.17 bits per heavy atom. The second-order valence-corrected chi connectivity index (χ2v) is 11.5. The quantitative estimate of drug-likeness (QED) is 0.590. The third kappa shape index (κ3) is 2.90. The molecule has 0 amide bonds. The van der Waals surface area contributed by atoms with Crippen LogP contribution in [-0.2, 0) is 16.6 Å². The average Bonchev–Trinajstić information content (AvgIpc) is 3.05. The molecule has 0 spiro atoms. The van der Waals surface area contributed by atoms with Crippen LogP contribution in [0.1, 0.15) is 38.7 Å². The second kappa shape index (κ2) is 6.78. The molecule has 5 heteroatoms. The first-order valence-electron chi connectivity index (χ1n) is 10.8. The van der Waals surface area contributed by atoms with Crippen LogP contribution in [0.3, 0.4) is 0 Å². The van der Waals surface area contributed by atoms with Gasteiger partial charge in [0, 0.05) is 12.0 Å². The lowest BCUT2D eigenvalue weighted by molar-refractivity contribution is 0.0152. The molecule has 3 aromatic carbocycles. The monoisotopic (exact) mass is 423 g/mol. The smallest absolute Gasteiger partial charge is 0.212 e. The molecule has 0 aromatic heterocycles. The van der Waals surface area contributed by atoms with Crippen molar-refractivity contribution in [3.63, 3.8) is 0 Å². The van der Waals surface area contributed by atoms with Gasteiger partial charge in [-0.3, -0.25) is 0 Å². The Kier molecular flexibility index (Phi) is 4.51. The SMILES string of the molecule is CC1(C)[C@@H]2CC[C@@]1(CS(=O)(=O)NCc1c3ccccc3cc3ccccc13)[C@H](O)C2. The van der Waals surface area contributed by atoms with E-state index in [9.17, 15) is 13.5 Å². The van der Waals surface area contributed by atoms with Crippen LogP contribution in [0.2, 0.25) is 0 Å². The molecule has 5 rings (SSSR count). The number of aliphatic hydroxyl groups excluding tert-OH is 1. The van der Waals surface area contributed by atoms with E-state index in [0.29, 0.717) is 5.92 Å². The molecule has 2 aliphatic rings. The molecule has 2 fully saturated rings. The van der Waals surface area contributed by atoms with Gasteiger partial charge in [0.15, 0.2) is 0 Å². The molecular weight excluding hydrogens is 394 g/mol. The normalized spacial score (nSPS) is 27.8. The molecular formula is C25H29NO3S. The average molecular weight is 424 g/mol. The Bertz CT molecular complexity index is 1180. The highest BCUT2D eigenvalue weighted by Gasteiger charge is 2.64. The Hall–Kier alpha value is -1.95. The molecule has 2 aliphatic carbocycles. The summed E-state index contributed by atoms with van der Waals surface area (Å²) in [7, 11) is -3.56. The van der Waals surface area contributed by atoms with Gasteiger partial charge in [-0.25, -0.2) is 13.1 Å². The largest absolute Gasteiger partial charge is 0.392 e. The molecule has 3 atom stereocenters. The van der Waals surface area contributed by atoms with E-state index in [1.165, 1.54) is 0 Å². The molecule has 2 saturated carbocycles. The summed E-state index contributed by atoms with van der Waals surface area (Å²) in [5.41, 5.74) is 0.290. The lowest BCUT2D eigenvalue weighted by atomic mass is 9.70. The maximum absolute atomic E-state index is 13.2. The van der Waals surface area contributed by atoms with Crippen molar-refractivity contribution >= 4 is 31.6 Å². The van der Waals surface area contributed by atoms with Crippen molar-refractivity contribution < 1.29 is 13.5 Å². The van der Waals surface area contributed by atoms with Gasteiger partial charge in [-0.05, 0) is 63.8 Å². The number of sulfonamides is 1. The predicted molar refractivity (Wildman–Crippen MR) is 122 cm³/mol. The molecule has 0 aliphatic heterocycles. The standard InChI is InChI=1S/C25H29NO3S/c1-24(2)19-11-12-25(24,23(27)14-19)16-30(28,29)26-15-22-20-9-5-3-7-17(20)13-18-8-4-6-10-21(18)22/h3-10,13,19,23,26-27H,11-12,14-16H2,1-2H3/t19-,23-,25-/m1/s1. The van der Waals surface area contributed by atoms with Crippen molar-refractivity contribution in [1.29, 1.82) is 0 Å². The fourth-order valence-electron chi connectivity index (χ4n) is 6.25. The highest BCUT2D eigenvalue weighted by molar-refractivity contribution is 7.89. The van der Waals surface area contributed by atoms with E-state index in [1.807, 2.05) is 24.3 Å². The lowest BCUT2D eigenvalue weighted by Crippen LogP contribution is -2.47. The van der Waals surface area contributed by atoms with Gasteiger partial charge in [-0.15, -0.1) is 0 Å². The number of benzene rings is 3. The number of hydrogen-bond donors (Lipinski definition) is 2. The molecule has 4 nitrogen and oxygen atoms in total. The number of rotatable bonds is 5. The summed E-state index contributed by atoms with van der Waals surface area (Å²) in [6, 6.07) is 18.4. The van der Waals surface area contributed by atoms with Crippen molar-refractivity contribution in [2.75, 3.05) is 5.75 Å². The minimum absolute atomic E-state index is 0.00658. The van der Waals surface area contributed by atoms with E-state index in [1.54, 1.807) is 0 Å². The third-order valence-corrected chi connectivity index (χ3v) is 9.67. The van der Waals surface area contributed by atoms with E-state index in [-0.39, 0.29) is 17.7 Å². The summed E-state index contributed by atoms with van der Waals surface area (Å²) in [5, 5.41) is 15.1. The minimum Gasteiger partial charge on any atom is -0.392 e. The summed E-state index contributed by atoms with van der Waals surface area (Å²) < 4.78 is 29.3. The van der Waals surface area contributed by atoms with Crippen LogP contribution in [0, 0.1) is 16.7 Å². The van der Waals surface area contributed by atoms with Gasteiger partial charge >= 0.3 is 0 Å². The highest BCUT2D eigenvalue weighted by Crippen LogP contribution is 2.66. The van der Waals surface area contributed by atoms with Crippen molar-refractivity contribution in [1.82, 2.24) is 4.72 Å².